The predicted molar refractivity (Wildman–Crippen MR) is 88.6 cm³/mol. The van der Waals surface area contributed by atoms with Crippen LogP contribution in [0, 0.1) is 0 Å². The second-order valence-corrected chi connectivity index (χ2v) is 6.49. The van der Waals surface area contributed by atoms with Crippen LogP contribution in [0.15, 0.2) is 24.3 Å². The fourth-order valence-electron chi connectivity index (χ4n) is 3.79. The number of carbonyl (C=O) groups excluding carboxylic acids is 1. The molecule has 3 rings (SSSR count). The van der Waals surface area contributed by atoms with Crippen molar-refractivity contribution >= 4 is 5.91 Å². The average molecular weight is 318 g/mol. The number of para-hydroxylation sites is 1. The molecule has 23 heavy (non-hydrogen) atoms. The molecule has 0 aromatic heterocycles. The van der Waals surface area contributed by atoms with Crippen LogP contribution < -0.4 is 4.74 Å². The number of rotatable bonds is 5. The lowest BCUT2D eigenvalue weighted by molar-refractivity contribution is -0.142. The van der Waals surface area contributed by atoms with E-state index in [-0.39, 0.29) is 12.5 Å². The molecule has 1 aromatic rings. The van der Waals surface area contributed by atoms with Crippen molar-refractivity contribution in [3.05, 3.63) is 29.8 Å². The summed E-state index contributed by atoms with van der Waals surface area (Å²) in [7, 11) is 1.67. The molecule has 126 valence electrons. The Balaban J connectivity index is 1.77. The number of aliphatic hydroxyl groups excluding tert-OH is 1. The number of piperazine rings is 1. The molecule has 0 radical (unpaired) electrons. The van der Waals surface area contributed by atoms with Crippen molar-refractivity contribution < 1.29 is 14.6 Å². The van der Waals surface area contributed by atoms with E-state index < -0.39 is 5.41 Å². The van der Waals surface area contributed by atoms with Gasteiger partial charge in [-0.1, -0.05) is 24.6 Å². The molecule has 5 heteroatoms. The zero-order valence-corrected chi connectivity index (χ0v) is 13.8. The number of benzene rings is 1. The van der Waals surface area contributed by atoms with E-state index in [0.717, 1.165) is 56.8 Å². The molecule has 1 aromatic carbocycles. The lowest BCUT2D eigenvalue weighted by atomic mass is 9.63. The van der Waals surface area contributed by atoms with Crippen LogP contribution in [-0.4, -0.2) is 67.3 Å². The number of methoxy groups -OCH3 is 1. The van der Waals surface area contributed by atoms with Crippen LogP contribution >= 0.6 is 0 Å². The Labute approximate surface area is 137 Å². The molecule has 1 aliphatic carbocycles. The summed E-state index contributed by atoms with van der Waals surface area (Å²) < 4.78 is 5.51. The molecular weight excluding hydrogens is 292 g/mol. The molecule has 1 saturated heterocycles. The summed E-state index contributed by atoms with van der Waals surface area (Å²) in [5.74, 6) is 1.07. The highest BCUT2D eigenvalue weighted by molar-refractivity contribution is 5.90. The Kier molecular flexibility index (Phi) is 4.87. The van der Waals surface area contributed by atoms with Gasteiger partial charge >= 0.3 is 0 Å². The van der Waals surface area contributed by atoms with Gasteiger partial charge in [-0.05, 0) is 18.9 Å². The first kappa shape index (κ1) is 16.3. The van der Waals surface area contributed by atoms with Gasteiger partial charge in [0.2, 0.25) is 5.91 Å². The molecule has 1 aliphatic heterocycles. The monoisotopic (exact) mass is 318 g/mol. The third-order valence-electron chi connectivity index (χ3n) is 5.31. The van der Waals surface area contributed by atoms with Gasteiger partial charge in [0.15, 0.2) is 0 Å². The van der Waals surface area contributed by atoms with E-state index in [9.17, 15) is 4.79 Å². The summed E-state index contributed by atoms with van der Waals surface area (Å²) in [6.45, 7) is 4.05. The molecule has 1 amide bonds. The summed E-state index contributed by atoms with van der Waals surface area (Å²) in [6, 6.07) is 7.93. The van der Waals surface area contributed by atoms with Crippen molar-refractivity contribution in [1.29, 1.82) is 0 Å². The van der Waals surface area contributed by atoms with E-state index >= 15 is 0 Å². The van der Waals surface area contributed by atoms with Crippen LogP contribution in [0.5, 0.6) is 5.75 Å². The number of hydrogen-bond donors (Lipinski definition) is 1. The van der Waals surface area contributed by atoms with Crippen LogP contribution in [0.4, 0.5) is 0 Å². The van der Waals surface area contributed by atoms with Crippen molar-refractivity contribution in [2.45, 2.75) is 24.7 Å². The number of amides is 1. The minimum atomic E-state index is -0.397. The number of hydrogen-bond acceptors (Lipinski definition) is 4. The van der Waals surface area contributed by atoms with Crippen LogP contribution in [0.3, 0.4) is 0 Å². The van der Waals surface area contributed by atoms with E-state index in [1.54, 1.807) is 7.11 Å². The first-order valence-electron chi connectivity index (χ1n) is 8.47. The zero-order valence-electron chi connectivity index (χ0n) is 13.8. The second-order valence-electron chi connectivity index (χ2n) is 6.49. The summed E-state index contributed by atoms with van der Waals surface area (Å²) in [5.41, 5.74) is 0.641. The summed E-state index contributed by atoms with van der Waals surface area (Å²) in [6.07, 6.45) is 2.90. The molecule has 0 atom stereocenters. The van der Waals surface area contributed by atoms with E-state index in [0.29, 0.717) is 6.54 Å². The van der Waals surface area contributed by atoms with Gasteiger partial charge in [-0.15, -0.1) is 0 Å². The van der Waals surface area contributed by atoms with E-state index in [1.165, 1.54) is 0 Å². The van der Waals surface area contributed by atoms with Crippen LogP contribution in [0.25, 0.3) is 0 Å². The van der Waals surface area contributed by atoms with Crippen LogP contribution in [0.2, 0.25) is 0 Å². The van der Waals surface area contributed by atoms with Crippen molar-refractivity contribution in [1.82, 2.24) is 9.80 Å². The Hall–Kier alpha value is -1.59. The molecule has 1 heterocycles. The van der Waals surface area contributed by atoms with E-state index in [2.05, 4.69) is 4.90 Å². The number of β-amino-alcohol motifs (C(OH)–C–C–N with tert-alkyl or cyclic N) is 1. The molecule has 0 bridgehead atoms. The van der Waals surface area contributed by atoms with Crippen molar-refractivity contribution in [2.24, 2.45) is 0 Å². The smallest absolute Gasteiger partial charge is 0.233 e. The van der Waals surface area contributed by atoms with Gasteiger partial charge in [-0.2, -0.15) is 0 Å². The maximum atomic E-state index is 13.2. The van der Waals surface area contributed by atoms with Crippen molar-refractivity contribution in [2.75, 3.05) is 46.4 Å². The lowest BCUT2D eigenvalue weighted by Gasteiger charge is -2.46. The highest BCUT2D eigenvalue weighted by Gasteiger charge is 2.49. The Morgan fingerprint density at radius 1 is 1.22 bits per heavy atom. The Morgan fingerprint density at radius 3 is 2.48 bits per heavy atom. The quantitative estimate of drug-likeness (QED) is 0.888. The minimum absolute atomic E-state index is 0.180. The Morgan fingerprint density at radius 2 is 1.91 bits per heavy atom. The lowest BCUT2D eigenvalue weighted by Crippen LogP contribution is -2.57. The third-order valence-corrected chi connectivity index (χ3v) is 5.31. The average Bonchev–Trinajstić information content (AvgIpc) is 2.55. The fourth-order valence-corrected chi connectivity index (χ4v) is 3.79. The molecule has 2 fully saturated rings. The predicted octanol–water partition coefficient (Wildman–Crippen LogP) is 1.25. The van der Waals surface area contributed by atoms with Gasteiger partial charge in [0.05, 0.1) is 19.1 Å². The van der Waals surface area contributed by atoms with Gasteiger partial charge in [0, 0.05) is 38.3 Å². The number of aliphatic hydroxyl groups is 1. The Bertz CT molecular complexity index is 549. The third kappa shape index (κ3) is 2.95. The normalized spacial score (nSPS) is 20.9. The molecule has 1 saturated carbocycles. The maximum absolute atomic E-state index is 13.2. The zero-order chi connectivity index (χ0) is 16.3. The molecular formula is C18H26N2O3. The first-order chi connectivity index (χ1) is 11.2. The topological polar surface area (TPSA) is 53.0 Å². The number of nitrogens with zero attached hydrogens (tertiary/aromatic N) is 2. The maximum Gasteiger partial charge on any atom is 0.233 e. The van der Waals surface area contributed by atoms with E-state index in [1.807, 2.05) is 29.2 Å². The summed E-state index contributed by atoms with van der Waals surface area (Å²) in [4.78, 5) is 17.4. The van der Waals surface area contributed by atoms with Crippen LogP contribution in [0.1, 0.15) is 24.8 Å². The van der Waals surface area contributed by atoms with Gasteiger partial charge in [-0.3, -0.25) is 9.69 Å². The minimum Gasteiger partial charge on any atom is -0.496 e. The summed E-state index contributed by atoms with van der Waals surface area (Å²) >= 11 is 0. The molecule has 0 unspecified atom stereocenters. The largest absolute Gasteiger partial charge is 0.496 e. The highest BCUT2D eigenvalue weighted by Crippen LogP contribution is 2.48. The summed E-state index contributed by atoms with van der Waals surface area (Å²) in [5, 5.41) is 9.04. The standard InChI is InChI=1S/C18H26N2O3/c1-23-16-6-3-2-5-15(16)18(7-4-8-18)17(22)20-11-9-19(10-12-20)13-14-21/h2-3,5-6,21H,4,7-14H2,1H3. The van der Waals surface area contributed by atoms with Gasteiger partial charge in [-0.25, -0.2) is 0 Å². The SMILES string of the molecule is COc1ccccc1C1(C(=O)N2CCN(CCO)CC2)CCC1. The van der Waals surface area contributed by atoms with Crippen LogP contribution in [-0.2, 0) is 10.2 Å². The number of carbonyl (C=O) groups is 1. The molecule has 1 N–H and O–H groups in total. The van der Waals surface area contributed by atoms with E-state index in [4.69, 9.17) is 9.84 Å². The van der Waals surface area contributed by atoms with Gasteiger partial charge < -0.3 is 14.7 Å². The highest BCUT2D eigenvalue weighted by atomic mass is 16.5. The molecule has 5 nitrogen and oxygen atoms in total. The molecule has 0 spiro atoms. The van der Waals surface area contributed by atoms with Gasteiger partial charge in [0.25, 0.3) is 0 Å². The fraction of sp³-hybridized carbons (Fsp3) is 0.611. The van der Waals surface area contributed by atoms with Crippen molar-refractivity contribution in [3.63, 3.8) is 0 Å². The molecule has 2 aliphatic rings. The van der Waals surface area contributed by atoms with Gasteiger partial charge in [0.1, 0.15) is 5.75 Å². The van der Waals surface area contributed by atoms with Crippen molar-refractivity contribution in [3.8, 4) is 5.75 Å². The first-order valence-corrected chi connectivity index (χ1v) is 8.47. The number of ether oxygens (including phenoxy) is 1. The second kappa shape index (κ2) is 6.89.